The SMILES string of the molecule is [N-]=[N+]=NCC(O)C(O)c1ccc2oc(C(=O)O)cc2c1. The molecule has 2 atom stereocenters. The maximum absolute atomic E-state index is 10.8. The van der Waals surface area contributed by atoms with Gasteiger partial charge in [0, 0.05) is 10.3 Å². The number of benzene rings is 1. The second-order valence-corrected chi connectivity index (χ2v) is 4.14. The van der Waals surface area contributed by atoms with Crippen LogP contribution in [0.1, 0.15) is 22.2 Å². The number of aliphatic hydroxyl groups is 2. The summed E-state index contributed by atoms with van der Waals surface area (Å²) in [5, 5.41) is 32.0. The first-order chi connectivity index (χ1) is 9.52. The topological polar surface area (TPSA) is 140 Å². The van der Waals surface area contributed by atoms with E-state index in [0.29, 0.717) is 16.5 Å². The predicted octanol–water partition coefficient (Wildman–Crippen LogP) is 1.84. The van der Waals surface area contributed by atoms with Crippen molar-refractivity contribution in [1.82, 2.24) is 0 Å². The molecule has 0 fully saturated rings. The molecule has 1 heterocycles. The fraction of sp³-hybridized carbons (Fsp3) is 0.250. The molecule has 0 saturated carbocycles. The van der Waals surface area contributed by atoms with E-state index in [1.165, 1.54) is 24.3 Å². The molecule has 8 heteroatoms. The van der Waals surface area contributed by atoms with Crippen molar-refractivity contribution in [3.8, 4) is 0 Å². The smallest absolute Gasteiger partial charge is 0.371 e. The predicted molar refractivity (Wildman–Crippen MR) is 68.2 cm³/mol. The van der Waals surface area contributed by atoms with Crippen molar-refractivity contribution < 1.29 is 24.5 Å². The van der Waals surface area contributed by atoms with Gasteiger partial charge in [-0.1, -0.05) is 11.2 Å². The van der Waals surface area contributed by atoms with Gasteiger partial charge >= 0.3 is 5.97 Å². The Morgan fingerprint density at radius 3 is 2.80 bits per heavy atom. The van der Waals surface area contributed by atoms with E-state index >= 15 is 0 Å². The van der Waals surface area contributed by atoms with Crippen molar-refractivity contribution in [1.29, 1.82) is 0 Å². The molecule has 0 spiro atoms. The van der Waals surface area contributed by atoms with Gasteiger partial charge in [0.05, 0.1) is 12.6 Å². The number of hydrogen-bond acceptors (Lipinski definition) is 5. The van der Waals surface area contributed by atoms with Gasteiger partial charge < -0.3 is 19.7 Å². The van der Waals surface area contributed by atoms with Crippen molar-refractivity contribution in [3.63, 3.8) is 0 Å². The van der Waals surface area contributed by atoms with Crippen LogP contribution in [0, 0.1) is 0 Å². The van der Waals surface area contributed by atoms with Gasteiger partial charge in [-0.05, 0) is 29.3 Å². The Morgan fingerprint density at radius 1 is 1.40 bits per heavy atom. The van der Waals surface area contributed by atoms with E-state index in [2.05, 4.69) is 10.0 Å². The number of hydrogen-bond donors (Lipinski definition) is 3. The third-order valence-electron chi connectivity index (χ3n) is 2.79. The van der Waals surface area contributed by atoms with Crippen LogP contribution in [0.4, 0.5) is 0 Å². The number of azide groups is 1. The number of carbonyl (C=O) groups is 1. The maximum Gasteiger partial charge on any atom is 0.371 e. The molecule has 3 N–H and O–H groups in total. The summed E-state index contributed by atoms with van der Waals surface area (Å²) in [6.07, 6.45) is -2.48. The molecule has 2 rings (SSSR count). The molecule has 0 aliphatic carbocycles. The summed E-state index contributed by atoms with van der Waals surface area (Å²) in [5.41, 5.74) is 8.90. The average molecular weight is 277 g/mol. The molecule has 0 aliphatic heterocycles. The summed E-state index contributed by atoms with van der Waals surface area (Å²) in [7, 11) is 0. The van der Waals surface area contributed by atoms with Gasteiger partial charge in [-0.15, -0.1) is 0 Å². The van der Waals surface area contributed by atoms with Gasteiger partial charge in [0.1, 0.15) is 11.7 Å². The summed E-state index contributed by atoms with van der Waals surface area (Å²) in [6, 6.07) is 5.84. The number of carboxylic acid groups (broad SMARTS) is 1. The van der Waals surface area contributed by atoms with Gasteiger partial charge in [-0.25, -0.2) is 4.79 Å². The number of fused-ring (bicyclic) bond motifs is 1. The zero-order valence-corrected chi connectivity index (χ0v) is 10.2. The largest absolute Gasteiger partial charge is 0.475 e. The lowest BCUT2D eigenvalue weighted by Gasteiger charge is -2.16. The van der Waals surface area contributed by atoms with Crippen molar-refractivity contribution in [3.05, 3.63) is 46.0 Å². The second kappa shape index (κ2) is 5.62. The zero-order chi connectivity index (χ0) is 14.7. The van der Waals surface area contributed by atoms with Crippen molar-refractivity contribution in [2.45, 2.75) is 12.2 Å². The third-order valence-corrected chi connectivity index (χ3v) is 2.79. The van der Waals surface area contributed by atoms with E-state index in [1.807, 2.05) is 0 Å². The van der Waals surface area contributed by atoms with Crippen LogP contribution in [0.5, 0.6) is 0 Å². The molecule has 1 aromatic carbocycles. The highest BCUT2D eigenvalue weighted by molar-refractivity contribution is 5.91. The third kappa shape index (κ3) is 2.72. The molecule has 0 saturated heterocycles. The molecule has 2 unspecified atom stereocenters. The lowest BCUT2D eigenvalue weighted by atomic mass is 10.0. The van der Waals surface area contributed by atoms with E-state index in [0.717, 1.165) is 0 Å². The summed E-state index contributed by atoms with van der Waals surface area (Å²) >= 11 is 0. The summed E-state index contributed by atoms with van der Waals surface area (Å²) in [4.78, 5) is 13.3. The lowest BCUT2D eigenvalue weighted by molar-refractivity contribution is 0.0245. The van der Waals surface area contributed by atoms with Crippen LogP contribution in [-0.2, 0) is 0 Å². The van der Waals surface area contributed by atoms with E-state index in [1.54, 1.807) is 0 Å². The Kier molecular flexibility index (Phi) is 3.90. The van der Waals surface area contributed by atoms with E-state index < -0.39 is 18.2 Å². The van der Waals surface area contributed by atoms with Gasteiger partial charge in [0.2, 0.25) is 5.76 Å². The first-order valence-electron chi connectivity index (χ1n) is 5.66. The summed E-state index contributed by atoms with van der Waals surface area (Å²) in [6.45, 7) is -0.262. The molecule has 20 heavy (non-hydrogen) atoms. The highest BCUT2D eigenvalue weighted by Crippen LogP contribution is 2.25. The lowest BCUT2D eigenvalue weighted by Crippen LogP contribution is -2.21. The Bertz CT molecular complexity index is 689. The number of nitrogens with zero attached hydrogens (tertiary/aromatic N) is 3. The normalized spacial score (nSPS) is 13.7. The minimum atomic E-state index is -1.24. The van der Waals surface area contributed by atoms with E-state index in [9.17, 15) is 15.0 Å². The molecular weight excluding hydrogens is 266 g/mol. The van der Waals surface area contributed by atoms with E-state index in [-0.39, 0.29) is 12.3 Å². The first-order valence-corrected chi connectivity index (χ1v) is 5.66. The molecule has 0 amide bonds. The fourth-order valence-electron chi connectivity index (χ4n) is 1.79. The minimum Gasteiger partial charge on any atom is -0.475 e. The number of aliphatic hydroxyl groups excluding tert-OH is 2. The highest BCUT2D eigenvalue weighted by Gasteiger charge is 2.19. The molecule has 1 aromatic heterocycles. The quantitative estimate of drug-likeness (QED) is 0.434. The maximum atomic E-state index is 10.8. The van der Waals surface area contributed by atoms with Gasteiger partial charge in [-0.3, -0.25) is 0 Å². The molecule has 0 aliphatic rings. The number of carboxylic acids is 1. The Balaban J connectivity index is 2.30. The van der Waals surface area contributed by atoms with Crippen LogP contribution < -0.4 is 0 Å². The average Bonchev–Trinajstić information content (AvgIpc) is 2.87. The molecular formula is C12H11N3O5. The van der Waals surface area contributed by atoms with E-state index in [4.69, 9.17) is 15.1 Å². The monoisotopic (exact) mass is 277 g/mol. The van der Waals surface area contributed by atoms with Crippen LogP contribution in [0.2, 0.25) is 0 Å². The van der Waals surface area contributed by atoms with Crippen LogP contribution >= 0.6 is 0 Å². The zero-order valence-electron chi connectivity index (χ0n) is 10.2. The van der Waals surface area contributed by atoms with Crippen LogP contribution in [0.15, 0.2) is 33.8 Å². The molecule has 2 aromatic rings. The fourth-order valence-corrected chi connectivity index (χ4v) is 1.79. The number of furan rings is 1. The molecule has 8 nitrogen and oxygen atoms in total. The van der Waals surface area contributed by atoms with Crippen LogP contribution in [0.25, 0.3) is 21.4 Å². The van der Waals surface area contributed by atoms with Gasteiger partial charge in [-0.2, -0.15) is 0 Å². The second-order valence-electron chi connectivity index (χ2n) is 4.14. The standard InChI is InChI=1S/C12H11N3O5/c13-15-14-5-8(16)11(17)6-1-2-9-7(3-6)4-10(20-9)12(18)19/h1-4,8,11,16-17H,5H2,(H,18,19). The van der Waals surface area contributed by atoms with Crippen LogP contribution in [-0.4, -0.2) is 33.9 Å². The molecule has 0 radical (unpaired) electrons. The Labute approximate surface area is 112 Å². The van der Waals surface area contributed by atoms with Crippen LogP contribution in [0.3, 0.4) is 0 Å². The summed E-state index contributed by atoms with van der Waals surface area (Å²) in [5.74, 6) is -1.40. The van der Waals surface area contributed by atoms with Crippen molar-refractivity contribution >= 4 is 16.9 Å². The Hall–Kier alpha value is -2.54. The first kappa shape index (κ1) is 13.9. The number of aromatic carboxylic acids is 1. The Morgan fingerprint density at radius 2 is 2.15 bits per heavy atom. The summed E-state index contributed by atoms with van der Waals surface area (Å²) < 4.78 is 5.08. The van der Waals surface area contributed by atoms with Gasteiger partial charge in [0.15, 0.2) is 0 Å². The molecule has 104 valence electrons. The van der Waals surface area contributed by atoms with Gasteiger partial charge in [0.25, 0.3) is 0 Å². The number of rotatable bonds is 5. The minimum absolute atomic E-state index is 0.207. The highest BCUT2D eigenvalue weighted by atomic mass is 16.4. The van der Waals surface area contributed by atoms with Crippen molar-refractivity contribution in [2.75, 3.05) is 6.54 Å². The molecule has 0 bridgehead atoms. The van der Waals surface area contributed by atoms with Crippen molar-refractivity contribution in [2.24, 2.45) is 5.11 Å².